The number of hydrogen-bond donors (Lipinski definition) is 5. The Bertz CT molecular complexity index is 1210. The van der Waals surface area contributed by atoms with Gasteiger partial charge in [-0.15, -0.1) is 0 Å². The first kappa shape index (κ1) is 27.8. The molecule has 4 amide bonds. The second-order valence-electron chi connectivity index (χ2n) is 7.43. The Morgan fingerprint density at radius 3 is 1.94 bits per heavy atom. The van der Waals surface area contributed by atoms with E-state index in [0.717, 1.165) is 14.0 Å². The summed E-state index contributed by atoms with van der Waals surface area (Å²) in [5.41, 5.74) is 0.780. The van der Waals surface area contributed by atoms with Crippen LogP contribution in [-0.4, -0.2) is 55.3 Å². The number of hydroxylamine groups is 1. The Hall–Kier alpha value is -4.45. The first-order valence-electron chi connectivity index (χ1n) is 10.4. The second kappa shape index (κ2) is 12.9. The summed E-state index contributed by atoms with van der Waals surface area (Å²) in [4.78, 5) is 35.7. The number of ether oxygens (including phenoxy) is 1. The third-order valence-electron chi connectivity index (χ3n) is 5.09. The number of benzene rings is 2. The van der Waals surface area contributed by atoms with Crippen LogP contribution < -0.4 is 21.4 Å². The van der Waals surface area contributed by atoms with E-state index in [9.17, 15) is 23.2 Å². The molecule has 0 saturated heterocycles. The van der Waals surface area contributed by atoms with E-state index in [4.69, 9.17) is 9.94 Å². The molecule has 2 aromatic rings. The van der Waals surface area contributed by atoms with Crippen molar-refractivity contribution in [1.82, 2.24) is 16.1 Å². The first-order chi connectivity index (χ1) is 17.1. The fourth-order valence-corrected chi connectivity index (χ4v) is 2.82. The van der Waals surface area contributed by atoms with Gasteiger partial charge in [0.25, 0.3) is 18.2 Å². The van der Waals surface area contributed by atoms with Crippen molar-refractivity contribution in [1.29, 1.82) is 0 Å². The quantitative estimate of drug-likeness (QED) is 0.227. The van der Waals surface area contributed by atoms with Crippen molar-refractivity contribution in [3.63, 3.8) is 0 Å². The Morgan fingerprint density at radius 2 is 1.50 bits per heavy atom. The van der Waals surface area contributed by atoms with Gasteiger partial charge >= 0.3 is 6.03 Å². The molecule has 188 valence electrons. The van der Waals surface area contributed by atoms with E-state index >= 15 is 0 Å². The predicted molar refractivity (Wildman–Crippen MR) is 127 cm³/mol. The van der Waals surface area contributed by atoms with Crippen molar-refractivity contribution in [2.45, 2.75) is 25.0 Å². The molecular formula is C25H24F2N4O5. The van der Waals surface area contributed by atoms with Crippen LogP contribution in [0.15, 0.2) is 48.5 Å². The molecule has 0 heterocycles. The maximum atomic E-state index is 13.5. The summed E-state index contributed by atoms with van der Waals surface area (Å²) in [7, 11) is 2.48. The van der Waals surface area contributed by atoms with Gasteiger partial charge in [0, 0.05) is 36.5 Å². The van der Waals surface area contributed by atoms with Gasteiger partial charge in [-0.05, 0) is 67.3 Å². The van der Waals surface area contributed by atoms with Gasteiger partial charge in [-0.2, -0.15) is 0 Å². The zero-order valence-corrected chi connectivity index (χ0v) is 19.6. The Balaban J connectivity index is 2.07. The SMILES string of the molecule is CNC(=O)Nc1ccc(C#CC#Cc2ccc(C(=O)N[C@H](C(=O)NO)C(C)(OC)C(F)F)cc2)cc1. The summed E-state index contributed by atoms with van der Waals surface area (Å²) < 4.78 is 31.7. The van der Waals surface area contributed by atoms with Crippen LogP contribution in [0.5, 0.6) is 0 Å². The van der Waals surface area contributed by atoms with E-state index in [1.54, 1.807) is 24.3 Å². The summed E-state index contributed by atoms with van der Waals surface area (Å²) >= 11 is 0. The van der Waals surface area contributed by atoms with Crippen molar-refractivity contribution < 1.29 is 33.1 Å². The van der Waals surface area contributed by atoms with E-state index in [0.29, 0.717) is 16.8 Å². The second-order valence-corrected chi connectivity index (χ2v) is 7.43. The third-order valence-corrected chi connectivity index (χ3v) is 5.09. The fraction of sp³-hybridized carbons (Fsp3) is 0.240. The maximum absolute atomic E-state index is 13.5. The van der Waals surface area contributed by atoms with Gasteiger partial charge in [-0.1, -0.05) is 11.8 Å². The number of alkyl halides is 2. The number of halogens is 2. The number of hydrogen-bond acceptors (Lipinski definition) is 5. The van der Waals surface area contributed by atoms with Crippen molar-refractivity contribution >= 4 is 23.5 Å². The first-order valence-corrected chi connectivity index (χ1v) is 10.4. The minimum Gasteiger partial charge on any atom is -0.370 e. The highest BCUT2D eigenvalue weighted by molar-refractivity contribution is 5.98. The highest BCUT2D eigenvalue weighted by Crippen LogP contribution is 2.24. The van der Waals surface area contributed by atoms with Crippen molar-refractivity contribution in [2.24, 2.45) is 0 Å². The van der Waals surface area contributed by atoms with Crippen LogP contribution in [0.1, 0.15) is 28.4 Å². The largest absolute Gasteiger partial charge is 0.370 e. The average molecular weight is 498 g/mol. The number of rotatable bonds is 7. The van der Waals surface area contributed by atoms with Gasteiger partial charge in [0.1, 0.15) is 6.04 Å². The van der Waals surface area contributed by atoms with E-state index in [1.807, 2.05) is 0 Å². The van der Waals surface area contributed by atoms with E-state index in [2.05, 4.69) is 39.6 Å². The Kier molecular flexibility index (Phi) is 9.93. The molecule has 0 aliphatic heterocycles. The lowest BCUT2D eigenvalue weighted by Gasteiger charge is -2.34. The molecule has 2 atom stereocenters. The minimum absolute atomic E-state index is 0.0700. The topological polar surface area (TPSA) is 129 Å². The highest BCUT2D eigenvalue weighted by Gasteiger charge is 2.48. The predicted octanol–water partition coefficient (Wildman–Crippen LogP) is 2.12. The molecule has 0 aromatic heterocycles. The normalized spacial score (nSPS) is 12.5. The summed E-state index contributed by atoms with van der Waals surface area (Å²) in [5.74, 6) is 8.95. The zero-order valence-electron chi connectivity index (χ0n) is 19.6. The van der Waals surface area contributed by atoms with Gasteiger partial charge < -0.3 is 20.7 Å². The zero-order chi connectivity index (χ0) is 26.7. The smallest absolute Gasteiger partial charge is 0.318 e. The van der Waals surface area contributed by atoms with Gasteiger partial charge in [0.05, 0.1) is 0 Å². The van der Waals surface area contributed by atoms with Crippen LogP contribution in [0, 0.1) is 23.7 Å². The molecule has 0 bridgehead atoms. The molecule has 9 nitrogen and oxygen atoms in total. The van der Waals surface area contributed by atoms with E-state index in [1.165, 1.54) is 36.8 Å². The maximum Gasteiger partial charge on any atom is 0.318 e. The van der Waals surface area contributed by atoms with E-state index < -0.39 is 29.9 Å². The molecule has 0 fully saturated rings. The summed E-state index contributed by atoms with van der Waals surface area (Å²) in [6, 6.07) is 10.5. The number of carbonyl (C=O) groups excluding carboxylic acids is 3. The van der Waals surface area contributed by atoms with Gasteiger partial charge in [-0.25, -0.2) is 19.1 Å². The number of nitrogens with one attached hydrogen (secondary N) is 4. The Morgan fingerprint density at radius 1 is 0.972 bits per heavy atom. The van der Waals surface area contributed by atoms with Crippen LogP contribution in [-0.2, 0) is 9.53 Å². The fourth-order valence-electron chi connectivity index (χ4n) is 2.82. The lowest BCUT2D eigenvalue weighted by atomic mass is 9.95. The number of urea groups is 1. The minimum atomic E-state index is -3.14. The molecule has 0 spiro atoms. The van der Waals surface area contributed by atoms with E-state index in [-0.39, 0.29) is 11.6 Å². The van der Waals surface area contributed by atoms with Gasteiger partial charge in [0.15, 0.2) is 5.60 Å². The van der Waals surface area contributed by atoms with Crippen LogP contribution in [0.2, 0.25) is 0 Å². The molecule has 0 aliphatic carbocycles. The molecule has 1 unspecified atom stereocenters. The van der Waals surface area contributed by atoms with Crippen molar-refractivity contribution in [2.75, 3.05) is 19.5 Å². The molecule has 0 saturated carbocycles. The average Bonchev–Trinajstić information content (AvgIpc) is 2.89. The molecule has 5 N–H and O–H groups in total. The molecule has 2 rings (SSSR count). The van der Waals surface area contributed by atoms with Crippen LogP contribution >= 0.6 is 0 Å². The number of anilines is 1. The standard InChI is InChI=1S/C25H24F2N4O5/c1-25(36-3,23(26)27)20(22(33)31-35)30-21(32)18-12-8-16(9-13-18)6-4-5-7-17-10-14-19(15-11-17)29-24(34)28-2/h8-15,20,23,35H,1-3H3,(H,30,32)(H,31,33)(H2,28,29,34)/t20-,25?/m1/s1. The van der Waals surface area contributed by atoms with Crippen LogP contribution in [0.4, 0.5) is 19.3 Å². The van der Waals surface area contributed by atoms with Crippen molar-refractivity contribution in [3.8, 4) is 23.7 Å². The van der Waals surface area contributed by atoms with Crippen molar-refractivity contribution in [3.05, 3.63) is 65.2 Å². The van der Waals surface area contributed by atoms with Gasteiger partial charge in [-0.3, -0.25) is 14.8 Å². The van der Waals surface area contributed by atoms with Gasteiger partial charge in [0.2, 0.25) is 0 Å². The van der Waals surface area contributed by atoms with Crippen LogP contribution in [0.3, 0.4) is 0 Å². The monoisotopic (exact) mass is 498 g/mol. The lowest BCUT2D eigenvalue weighted by molar-refractivity contribution is -0.157. The Labute approximate surface area is 206 Å². The molecule has 36 heavy (non-hydrogen) atoms. The number of amides is 4. The molecular weight excluding hydrogens is 474 g/mol. The summed E-state index contributed by atoms with van der Waals surface area (Å²) in [5, 5.41) is 16.1. The molecule has 11 heteroatoms. The third kappa shape index (κ3) is 7.27. The number of carbonyl (C=O) groups is 3. The highest BCUT2D eigenvalue weighted by atomic mass is 19.3. The lowest BCUT2D eigenvalue weighted by Crippen LogP contribution is -2.62. The summed E-state index contributed by atoms with van der Waals surface area (Å²) in [6.45, 7) is 0.938. The number of methoxy groups -OCH3 is 1. The van der Waals surface area contributed by atoms with Crippen LogP contribution in [0.25, 0.3) is 0 Å². The molecule has 2 aromatic carbocycles. The molecule has 0 aliphatic rings. The molecule has 0 radical (unpaired) electrons. The summed E-state index contributed by atoms with van der Waals surface area (Å²) in [6.07, 6.45) is -3.14.